The van der Waals surface area contributed by atoms with Crippen LogP contribution in [0.2, 0.25) is 0 Å². The maximum Gasteiger partial charge on any atom is 0.260 e. The van der Waals surface area contributed by atoms with Crippen molar-refractivity contribution in [2.75, 3.05) is 13.1 Å². The van der Waals surface area contributed by atoms with Crippen LogP contribution in [0.5, 0.6) is 0 Å². The number of hydrogen-bond donors (Lipinski definition) is 1. The van der Waals surface area contributed by atoms with Crippen LogP contribution in [0, 0.1) is 35.0 Å². The molecule has 2 unspecified atom stereocenters. The van der Waals surface area contributed by atoms with Crippen molar-refractivity contribution in [3.63, 3.8) is 0 Å². The van der Waals surface area contributed by atoms with E-state index in [9.17, 15) is 26.7 Å². The summed E-state index contributed by atoms with van der Waals surface area (Å²) in [6, 6.07) is -0.176. The molecule has 2 N–H and O–H groups in total. The summed E-state index contributed by atoms with van der Waals surface area (Å²) < 4.78 is 66.4. The number of nitrogens with zero attached hydrogens (tertiary/aromatic N) is 1. The summed E-state index contributed by atoms with van der Waals surface area (Å²) in [5.74, 6) is -12.1. The van der Waals surface area contributed by atoms with Gasteiger partial charge >= 0.3 is 0 Å². The van der Waals surface area contributed by atoms with Gasteiger partial charge in [-0.05, 0) is 12.3 Å². The molecule has 1 saturated heterocycles. The molecule has 0 spiro atoms. The van der Waals surface area contributed by atoms with E-state index in [0.717, 1.165) is 4.90 Å². The van der Waals surface area contributed by atoms with Crippen LogP contribution in [0.3, 0.4) is 0 Å². The molecular weight excluding hydrogens is 295 g/mol. The summed E-state index contributed by atoms with van der Waals surface area (Å²) in [4.78, 5) is 13.1. The van der Waals surface area contributed by atoms with Crippen LogP contribution in [0.1, 0.15) is 23.7 Å². The zero-order valence-corrected chi connectivity index (χ0v) is 11.1. The molecule has 1 aromatic carbocycles. The average Bonchev–Trinajstić information content (AvgIpc) is 2.46. The SMILES string of the molecule is CC1CN(C(=O)c2c(F)c(F)c(F)c(F)c2F)CCC1N. The third kappa shape index (κ3) is 2.59. The Morgan fingerprint density at radius 1 is 1.05 bits per heavy atom. The minimum absolute atomic E-state index is 0.0967. The van der Waals surface area contributed by atoms with Gasteiger partial charge in [0.25, 0.3) is 5.91 Å². The highest BCUT2D eigenvalue weighted by Crippen LogP contribution is 2.26. The van der Waals surface area contributed by atoms with Crippen molar-refractivity contribution in [3.8, 4) is 0 Å². The fraction of sp³-hybridized carbons (Fsp3) is 0.462. The highest BCUT2D eigenvalue weighted by Gasteiger charge is 2.34. The fourth-order valence-electron chi connectivity index (χ4n) is 2.30. The van der Waals surface area contributed by atoms with Crippen molar-refractivity contribution in [2.24, 2.45) is 11.7 Å². The number of amides is 1. The molecule has 0 saturated carbocycles. The first-order valence-electron chi connectivity index (χ1n) is 6.32. The Morgan fingerprint density at radius 2 is 1.52 bits per heavy atom. The van der Waals surface area contributed by atoms with E-state index in [-0.39, 0.29) is 25.0 Å². The Kier molecular flexibility index (Phi) is 4.18. The van der Waals surface area contributed by atoms with Crippen LogP contribution >= 0.6 is 0 Å². The predicted octanol–water partition coefficient (Wildman–Crippen LogP) is 2.19. The third-order valence-corrected chi connectivity index (χ3v) is 3.68. The van der Waals surface area contributed by atoms with Gasteiger partial charge in [0.2, 0.25) is 5.82 Å². The second-order valence-corrected chi connectivity index (χ2v) is 5.13. The normalized spacial score (nSPS) is 22.5. The fourth-order valence-corrected chi connectivity index (χ4v) is 2.30. The smallest absolute Gasteiger partial charge is 0.260 e. The van der Waals surface area contributed by atoms with Gasteiger partial charge in [-0.15, -0.1) is 0 Å². The third-order valence-electron chi connectivity index (χ3n) is 3.68. The van der Waals surface area contributed by atoms with Crippen molar-refractivity contribution in [3.05, 3.63) is 34.6 Å². The van der Waals surface area contributed by atoms with E-state index in [4.69, 9.17) is 5.73 Å². The first-order chi connectivity index (χ1) is 9.75. The molecule has 116 valence electrons. The quantitative estimate of drug-likeness (QED) is 0.491. The van der Waals surface area contributed by atoms with Crippen LogP contribution in [-0.4, -0.2) is 29.9 Å². The van der Waals surface area contributed by atoms with Gasteiger partial charge in [0.1, 0.15) is 5.56 Å². The van der Waals surface area contributed by atoms with E-state index in [1.54, 1.807) is 6.92 Å². The second kappa shape index (κ2) is 5.59. The van der Waals surface area contributed by atoms with Gasteiger partial charge in [0.05, 0.1) is 0 Å². The lowest BCUT2D eigenvalue weighted by Gasteiger charge is -2.35. The summed E-state index contributed by atoms with van der Waals surface area (Å²) >= 11 is 0. The molecule has 1 aliphatic rings. The van der Waals surface area contributed by atoms with Gasteiger partial charge in [-0.1, -0.05) is 6.92 Å². The number of nitrogens with two attached hydrogens (primary N) is 1. The summed E-state index contributed by atoms with van der Waals surface area (Å²) in [5.41, 5.74) is 4.33. The zero-order valence-electron chi connectivity index (χ0n) is 11.1. The molecule has 0 aliphatic carbocycles. The molecule has 1 fully saturated rings. The Balaban J connectivity index is 2.41. The largest absolute Gasteiger partial charge is 0.338 e. The van der Waals surface area contributed by atoms with E-state index in [1.807, 2.05) is 0 Å². The van der Waals surface area contributed by atoms with Gasteiger partial charge < -0.3 is 10.6 Å². The monoisotopic (exact) mass is 308 g/mol. The number of halogens is 5. The van der Waals surface area contributed by atoms with Crippen LogP contribution in [0.4, 0.5) is 22.0 Å². The van der Waals surface area contributed by atoms with Crippen molar-refractivity contribution in [1.82, 2.24) is 4.90 Å². The molecule has 21 heavy (non-hydrogen) atoms. The summed E-state index contributed by atoms with van der Waals surface area (Å²) in [6.07, 6.45) is 0.391. The molecule has 1 amide bonds. The van der Waals surface area contributed by atoms with Gasteiger partial charge in [-0.2, -0.15) is 0 Å². The Morgan fingerprint density at radius 3 is 2.00 bits per heavy atom. The summed E-state index contributed by atoms with van der Waals surface area (Å²) in [6.45, 7) is 1.94. The molecule has 1 aliphatic heterocycles. The lowest BCUT2D eigenvalue weighted by Crippen LogP contribution is -2.48. The molecule has 0 bridgehead atoms. The lowest BCUT2D eigenvalue weighted by molar-refractivity contribution is 0.0651. The predicted molar refractivity (Wildman–Crippen MR) is 63.9 cm³/mol. The van der Waals surface area contributed by atoms with Crippen molar-refractivity contribution >= 4 is 5.91 Å². The van der Waals surface area contributed by atoms with E-state index in [1.165, 1.54) is 0 Å². The average molecular weight is 308 g/mol. The molecule has 1 heterocycles. The number of hydrogen-bond acceptors (Lipinski definition) is 2. The number of piperidine rings is 1. The van der Waals surface area contributed by atoms with Crippen LogP contribution in [0.15, 0.2) is 0 Å². The first kappa shape index (κ1) is 15.7. The number of benzene rings is 1. The molecule has 2 rings (SSSR count). The Hall–Kier alpha value is -1.70. The molecular formula is C13H13F5N2O. The van der Waals surface area contributed by atoms with E-state index >= 15 is 0 Å². The number of carbonyl (C=O) groups excluding carboxylic acids is 1. The number of rotatable bonds is 1. The lowest BCUT2D eigenvalue weighted by atomic mass is 9.94. The molecule has 0 aromatic heterocycles. The standard InChI is InChI=1S/C13H13F5N2O/c1-5-4-20(3-2-6(5)19)13(21)7-8(14)10(16)12(18)11(17)9(7)15/h5-6H,2-4,19H2,1H3. The van der Waals surface area contributed by atoms with Crippen LogP contribution in [0.25, 0.3) is 0 Å². The highest BCUT2D eigenvalue weighted by molar-refractivity contribution is 5.95. The minimum Gasteiger partial charge on any atom is -0.338 e. The van der Waals surface area contributed by atoms with E-state index in [2.05, 4.69) is 0 Å². The van der Waals surface area contributed by atoms with E-state index in [0.29, 0.717) is 6.42 Å². The van der Waals surface area contributed by atoms with Crippen molar-refractivity contribution in [1.29, 1.82) is 0 Å². The Labute approximate surface area is 117 Å². The van der Waals surface area contributed by atoms with Crippen molar-refractivity contribution < 1.29 is 26.7 Å². The molecule has 2 atom stereocenters. The zero-order chi connectivity index (χ0) is 15.9. The van der Waals surface area contributed by atoms with Crippen LogP contribution in [-0.2, 0) is 0 Å². The number of carbonyl (C=O) groups is 1. The van der Waals surface area contributed by atoms with Gasteiger partial charge in [0, 0.05) is 19.1 Å². The molecule has 1 aromatic rings. The summed E-state index contributed by atoms with van der Waals surface area (Å²) in [7, 11) is 0. The van der Waals surface area contributed by atoms with Crippen molar-refractivity contribution in [2.45, 2.75) is 19.4 Å². The highest BCUT2D eigenvalue weighted by atomic mass is 19.2. The minimum atomic E-state index is -2.28. The summed E-state index contributed by atoms with van der Waals surface area (Å²) in [5, 5.41) is 0. The van der Waals surface area contributed by atoms with E-state index < -0.39 is 40.6 Å². The van der Waals surface area contributed by atoms with Gasteiger partial charge in [0.15, 0.2) is 23.3 Å². The number of likely N-dealkylation sites (tertiary alicyclic amines) is 1. The maximum atomic E-state index is 13.6. The molecule has 0 radical (unpaired) electrons. The Bertz CT molecular complexity index is 563. The second-order valence-electron chi connectivity index (χ2n) is 5.13. The first-order valence-corrected chi connectivity index (χ1v) is 6.32. The topological polar surface area (TPSA) is 46.3 Å². The van der Waals surface area contributed by atoms with Crippen LogP contribution < -0.4 is 5.73 Å². The molecule has 8 heteroatoms. The van der Waals surface area contributed by atoms with Gasteiger partial charge in [-0.3, -0.25) is 4.79 Å². The van der Waals surface area contributed by atoms with Gasteiger partial charge in [-0.25, -0.2) is 22.0 Å². The maximum absolute atomic E-state index is 13.6. The molecule has 3 nitrogen and oxygen atoms in total.